The van der Waals surface area contributed by atoms with E-state index in [1.807, 2.05) is 27.7 Å². The first kappa shape index (κ1) is 16.8. The van der Waals surface area contributed by atoms with E-state index in [0.29, 0.717) is 6.54 Å². The summed E-state index contributed by atoms with van der Waals surface area (Å²) in [7, 11) is -3.58. The Labute approximate surface area is 121 Å². The molecule has 20 heavy (non-hydrogen) atoms. The molecule has 0 aliphatic carbocycles. The molecule has 0 aliphatic heterocycles. The second-order valence-electron chi connectivity index (χ2n) is 5.22. The molecule has 0 aliphatic rings. The zero-order valence-corrected chi connectivity index (χ0v) is 13.4. The predicted octanol–water partition coefficient (Wildman–Crippen LogP) is 1.89. The van der Waals surface area contributed by atoms with Crippen LogP contribution in [0.15, 0.2) is 17.3 Å². The van der Waals surface area contributed by atoms with Gasteiger partial charge in [-0.2, -0.15) is 4.31 Å². The minimum Gasteiger partial charge on any atom is -0.368 e. The molecule has 0 atom stereocenters. The van der Waals surface area contributed by atoms with Crippen molar-refractivity contribution in [3.8, 4) is 0 Å². The van der Waals surface area contributed by atoms with Gasteiger partial charge in [0.2, 0.25) is 16.0 Å². The van der Waals surface area contributed by atoms with Crippen LogP contribution in [-0.4, -0.2) is 35.3 Å². The van der Waals surface area contributed by atoms with Gasteiger partial charge in [-0.15, -0.1) is 0 Å². The minimum atomic E-state index is -3.58. The first-order valence-electron chi connectivity index (χ1n) is 6.92. The lowest BCUT2D eigenvalue weighted by atomic mass is 10.1. The van der Waals surface area contributed by atoms with E-state index in [2.05, 4.69) is 9.97 Å². The molecular formula is C13H24N4O2S. The lowest BCUT2D eigenvalue weighted by Crippen LogP contribution is -2.42. The van der Waals surface area contributed by atoms with E-state index < -0.39 is 10.0 Å². The van der Waals surface area contributed by atoms with Crippen molar-refractivity contribution in [3.05, 3.63) is 12.4 Å². The lowest BCUT2D eigenvalue weighted by molar-refractivity contribution is 0.276. The molecule has 0 saturated heterocycles. The highest BCUT2D eigenvalue weighted by Crippen LogP contribution is 2.22. The fourth-order valence-corrected chi connectivity index (χ4v) is 3.92. The standard InChI is InChI=1S/C13H24N4O2S/c1-5-11(6-2)17(9-10(3)4)20(18,19)12-7-15-13(14)16-8-12/h7-8,10-11H,5-6,9H2,1-4H3,(H2,14,15,16). The third-order valence-electron chi connectivity index (χ3n) is 3.15. The van der Waals surface area contributed by atoms with Crippen LogP contribution in [0.3, 0.4) is 0 Å². The summed E-state index contributed by atoms with van der Waals surface area (Å²) >= 11 is 0. The maximum absolute atomic E-state index is 12.7. The molecule has 0 spiro atoms. The molecular weight excluding hydrogens is 276 g/mol. The van der Waals surface area contributed by atoms with Gasteiger partial charge in [-0.3, -0.25) is 0 Å². The largest absolute Gasteiger partial charge is 0.368 e. The highest BCUT2D eigenvalue weighted by atomic mass is 32.2. The normalized spacial score (nSPS) is 12.6. The van der Waals surface area contributed by atoms with Gasteiger partial charge in [0.15, 0.2) is 0 Å². The SMILES string of the molecule is CCC(CC)N(CC(C)C)S(=O)(=O)c1cnc(N)nc1. The van der Waals surface area contributed by atoms with E-state index in [1.165, 1.54) is 12.4 Å². The van der Waals surface area contributed by atoms with Crippen LogP contribution in [0.25, 0.3) is 0 Å². The Morgan fingerprint density at radius 2 is 1.70 bits per heavy atom. The molecule has 1 rings (SSSR count). The van der Waals surface area contributed by atoms with Crippen LogP contribution in [0.1, 0.15) is 40.5 Å². The van der Waals surface area contributed by atoms with Crippen molar-refractivity contribution in [2.45, 2.75) is 51.5 Å². The summed E-state index contributed by atoms with van der Waals surface area (Å²) in [6, 6.07) is -0.0139. The van der Waals surface area contributed by atoms with Crippen LogP contribution >= 0.6 is 0 Å². The molecule has 1 aromatic heterocycles. The Kier molecular flexibility index (Phi) is 5.88. The van der Waals surface area contributed by atoms with Gasteiger partial charge in [0, 0.05) is 12.6 Å². The number of nitrogens with zero attached hydrogens (tertiary/aromatic N) is 3. The molecule has 0 unspecified atom stereocenters. The van der Waals surface area contributed by atoms with E-state index in [0.717, 1.165) is 12.8 Å². The second-order valence-corrected chi connectivity index (χ2v) is 7.11. The molecule has 0 amide bonds. The molecule has 0 fully saturated rings. The molecule has 0 bridgehead atoms. The molecule has 2 N–H and O–H groups in total. The molecule has 0 radical (unpaired) electrons. The molecule has 114 valence electrons. The van der Waals surface area contributed by atoms with Gasteiger partial charge in [-0.25, -0.2) is 18.4 Å². The predicted molar refractivity (Wildman–Crippen MR) is 79.5 cm³/mol. The van der Waals surface area contributed by atoms with Crippen LogP contribution in [-0.2, 0) is 10.0 Å². The van der Waals surface area contributed by atoms with Crippen molar-refractivity contribution < 1.29 is 8.42 Å². The van der Waals surface area contributed by atoms with Crippen LogP contribution in [0, 0.1) is 5.92 Å². The zero-order chi connectivity index (χ0) is 15.3. The summed E-state index contributed by atoms with van der Waals surface area (Å²) in [4.78, 5) is 7.65. The van der Waals surface area contributed by atoms with Crippen molar-refractivity contribution in [1.82, 2.24) is 14.3 Å². The summed E-state index contributed by atoms with van der Waals surface area (Å²) in [6.07, 6.45) is 4.09. The van der Waals surface area contributed by atoms with E-state index in [1.54, 1.807) is 4.31 Å². The number of hydrogen-bond donors (Lipinski definition) is 1. The number of rotatable bonds is 7. The Hall–Kier alpha value is -1.21. The van der Waals surface area contributed by atoms with Gasteiger partial charge in [0.05, 0.1) is 12.4 Å². The van der Waals surface area contributed by atoms with Crippen LogP contribution < -0.4 is 5.73 Å². The average molecular weight is 300 g/mol. The maximum atomic E-state index is 12.7. The zero-order valence-electron chi connectivity index (χ0n) is 12.6. The summed E-state index contributed by atoms with van der Waals surface area (Å²) in [5.74, 6) is 0.321. The van der Waals surface area contributed by atoms with Crippen LogP contribution in [0.5, 0.6) is 0 Å². The van der Waals surface area contributed by atoms with Gasteiger partial charge in [0.1, 0.15) is 4.90 Å². The maximum Gasteiger partial charge on any atom is 0.246 e. The first-order chi connectivity index (χ1) is 9.32. The van der Waals surface area contributed by atoms with Crippen molar-refractivity contribution in [1.29, 1.82) is 0 Å². The van der Waals surface area contributed by atoms with Crippen molar-refractivity contribution in [3.63, 3.8) is 0 Å². The van der Waals surface area contributed by atoms with E-state index in [4.69, 9.17) is 5.73 Å². The molecule has 1 aromatic rings. The Balaban J connectivity index is 3.19. The van der Waals surface area contributed by atoms with Crippen LogP contribution in [0.4, 0.5) is 5.95 Å². The van der Waals surface area contributed by atoms with E-state index in [9.17, 15) is 8.42 Å². The number of aromatic nitrogens is 2. The summed E-state index contributed by atoms with van der Waals surface area (Å²) < 4.78 is 27.0. The van der Waals surface area contributed by atoms with E-state index >= 15 is 0 Å². The van der Waals surface area contributed by atoms with E-state index in [-0.39, 0.29) is 22.8 Å². The molecule has 7 heteroatoms. The third kappa shape index (κ3) is 3.89. The molecule has 1 heterocycles. The Morgan fingerprint density at radius 1 is 1.20 bits per heavy atom. The highest BCUT2D eigenvalue weighted by Gasteiger charge is 2.30. The topological polar surface area (TPSA) is 89.2 Å². The van der Waals surface area contributed by atoms with Gasteiger partial charge in [-0.1, -0.05) is 27.7 Å². The number of nitrogen functional groups attached to an aromatic ring is 1. The number of anilines is 1. The van der Waals surface area contributed by atoms with Crippen molar-refractivity contribution >= 4 is 16.0 Å². The highest BCUT2D eigenvalue weighted by molar-refractivity contribution is 7.89. The number of nitrogens with two attached hydrogens (primary N) is 1. The molecule has 0 aromatic carbocycles. The molecule has 6 nitrogen and oxygen atoms in total. The Morgan fingerprint density at radius 3 is 2.10 bits per heavy atom. The van der Waals surface area contributed by atoms with Gasteiger partial charge < -0.3 is 5.73 Å². The van der Waals surface area contributed by atoms with Gasteiger partial charge in [-0.05, 0) is 18.8 Å². The van der Waals surface area contributed by atoms with Crippen LogP contribution in [0.2, 0.25) is 0 Å². The lowest BCUT2D eigenvalue weighted by Gasteiger charge is -2.30. The first-order valence-corrected chi connectivity index (χ1v) is 8.36. The summed E-state index contributed by atoms with van der Waals surface area (Å²) in [5, 5.41) is 0. The van der Waals surface area contributed by atoms with Gasteiger partial charge >= 0.3 is 0 Å². The monoisotopic (exact) mass is 300 g/mol. The summed E-state index contributed by atoms with van der Waals surface area (Å²) in [5.41, 5.74) is 5.41. The van der Waals surface area contributed by atoms with Crippen molar-refractivity contribution in [2.24, 2.45) is 5.92 Å². The molecule has 0 saturated carbocycles. The average Bonchev–Trinajstić information content (AvgIpc) is 2.39. The third-order valence-corrected chi connectivity index (χ3v) is 5.02. The second kappa shape index (κ2) is 6.99. The fraction of sp³-hybridized carbons (Fsp3) is 0.692. The number of sulfonamides is 1. The quantitative estimate of drug-likeness (QED) is 0.830. The summed E-state index contributed by atoms with van der Waals surface area (Å²) in [6.45, 7) is 8.49. The Bertz CT molecular complexity index is 510. The fourth-order valence-electron chi connectivity index (χ4n) is 2.09. The minimum absolute atomic E-state index is 0.0139. The smallest absolute Gasteiger partial charge is 0.246 e. The number of hydrogen-bond acceptors (Lipinski definition) is 5. The van der Waals surface area contributed by atoms with Crippen molar-refractivity contribution in [2.75, 3.05) is 12.3 Å². The van der Waals surface area contributed by atoms with Gasteiger partial charge in [0.25, 0.3) is 0 Å².